The van der Waals surface area contributed by atoms with Gasteiger partial charge in [-0.1, -0.05) is 0 Å². The molecule has 1 aliphatic heterocycles. The lowest BCUT2D eigenvalue weighted by molar-refractivity contribution is -0.117. The van der Waals surface area contributed by atoms with E-state index in [1.165, 1.54) is 0 Å². The van der Waals surface area contributed by atoms with Crippen LogP contribution in [0.15, 0.2) is 22.7 Å². The molecule has 2 N–H and O–H groups in total. The second kappa shape index (κ2) is 6.69. The first kappa shape index (κ1) is 14.0. The second-order valence-electron chi connectivity index (χ2n) is 4.77. The van der Waals surface area contributed by atoms with E-state index in [1.807, 2.05) is 0 Å². The van der Waals surface area contributed by atoms with Gasteiger partial charge in [-0.15, -0.1) is 0 Å². The summed E-state index contributed by atoms with van der Waals surface area (Å²) in [6.07, 6.45) is 2.78. The quantitative estimate of drug-likeness (QED) is 0.899. The van der Waals surface area contributed by atoms with Crippen LogP contribution in [0.5, 0.6) is 0 Å². The van der Waals surface area contributed by atoms with Gasteiger partial charge in [0.25, 0.3) is 0 Å². The molecule has 1 atom stereocenters. The minimum absolute atomic E-state index is 0.0270. The SMILES string of the molecule is N#Cc1ccc(NC(=O)CC2CCCNC2)c(Br)c1. The first-order chi connectivity index (χ1) is 9.19. The summed E-state index contributed by atoms with van der Waals surface area (Å²) < 4.78 is 0.738. The number of rotatable bonds is 3. The molecular weight excluding hydrogens is 306 g/mol. The summed E-state index contributed by atoms with van der Waals surface area (Å²) in [4.78, 5) is 12.0. The van der Waals surface area contributed by atoms with E-state index in [9.17, 15) is 4.79 Å². The van der Waals surface area contributed by atoms with Crippen molar-refractivity contribution in [1.82, 2.24) is 5.32 Å². The summed E-state index contributed by atoms with van der Waals surface area (Å²) >= 11 is 3.36. The highest BCUT2D eigenvalue weighted by molar-refractivity contribution is 9.10. The van der Waals surface area contributed by atoms with Crippen LogP contribution >= 0.6 is 15.9 Å². The molecule has 4 nitrogen and oxygen atoms in total. The predicted molar refractivity (Wildman–Crippen MR) is 77.7 cm³/mol. The number of benzene rings is 1. The summed E-state index contributed by atoms with van der Waals surface area (Å²) in [5, 5.41) is 15.0. The zero-order valence-corrected chi connectivity index (χ0v) is 12.2. The Kier molecular flexibility index (Phi) is 4.94. The minimum Gasteiger partial charge on any atom is -0.325 e. The molecule has 1 aromatic carbocycles. The molecule has 0 bridgehead atoms. The maximum atomic E-state index is 12.0. The largest absolute Gasteiger partial charge is 0.325 e. The Balaban J connectivity index is 1.93. The summed E-state index contributed by atoms with van der Waals surface area (Å²) in [5.74, 6) is 0.449. The number of nitriles is 1. The van der Waals surface area contributed by atoms with E-state index in [4.69, 9.17) is 5.26 Å². The van der Waals surface area contributed by atoms with E-state index in [0.717, 1.165) is 30.4 Å². The maximum absolute atomic E-state index is 12.0. The molecule has 19 heavy (non-hydrogen) atoms. The van der Waals surface area contributed by atoms with Gasteiger partial charge in [0, 0.05) is 10.9 Å². The van der Waals surface area contributed by atoms with Crippen LogP contribution in [0.3, 0.4) is 0 Å². The number of anilines is 1. The first-order valence-corrected chi connectivity index (χ1v) is 7.18. The Morgan fingerprint density at radius 1 is 1.58 bits per heavy atom. The third kappa shape index (κ3) is 4.05. The van der Waals surface area contributed by atoms with Crippen molar-refractivity contribution in [3.8, 4) is 6.07 Å². The van der Waals surface area contributed by atoms with E-state index in [2.05, 4.69) is 32.6 Å². The van der Waals surface area contributed by atoms with Crippen molar-refractivity contribution < 1.29 is 4.79 Å². The van der Waals surface area contributed by atoms with E-state index in [-0.39, 0.29) is 5.91 Å². The van der Waals surface area contributed by atoms with Crippen LogP contribution in [0.1, 0.15) is 24.8 Å². The van der Waals surface area contributed by atoms with Crippen molar-refractivity contribution >= 4 is 27.5 Å². The van der Waals surface area contributed by atoms with Gasteiger partial charge >= 0.3 is 0 Å². The molecule has 0 radical (unpaired) electrons. The van der Waals surface area contributed by atoms with Crippen LogP contribution in [0.25, 0.3) is 0 Å². The lowest BCUT2D eigenvalue weighted by Gasteiger charge is -2.22. The molecule has 0 spiro atoms. The standard InChI is InChI=1S/C14H16BrN3O/c15-12-6-10(8-16)3-4-13(12)18-14(19)7-11-2-1-5-17-9-11/h3-4,6,11,17H,1-2,5,7,9H2,(H,18,19). The normalized spacial score (nSPS) is 18.6. The number of halogens is 1. The second-order valence-corrected chi connectivity index (χ2v) is 5.63. The third-order valence-electron chi connectivity index (χ3n) is 3.25. The van der Waals surface area contributed by atoms with Gasteiger partial charge in [0.15, 0.2) is 0 Å². The number of nitrogens with one attached hydrogen (secondary N) is 2. The number of amides is 1. The molecule has 0 saturated carbocycles. The van der Waals surface area contributed by atoms with Gasteiger partial charge in [0.1, 0.15) is 0 Å². The third-order valence-corrected chi connectivity index (χ3v) is 3.90. The number of carbonyl (C=O) groups is 1. The van der Waals surface area contributed by atoms with Crippen molar-refractivity contribution in [2.45, 2.75) is 19.3 Å². The van der Waals surface area contributed by atoms with Crippen molar-refractivity contribution in [3.05, 3.63) is 28.2 Å². The lowest BCUT2D eigenvalue weighted by atomic mass is 9.96. The first-order valence-electron chi connectivity index (χ1n) is 6.39. The number of piperidine rings is 1. The predicted octanol–water partition coefficient (Wildman–Crippen LogP) is 2.65. The van der Waals surface area contributed by atoms with E-state index in [0.29, 0.717) is 23.6 Å². The van der Waals surface area contributed by atoms with Crippen LogP contribution < -0.4 is 10.6 Å². The molecule has 5 heteroatoms. The van der Waals surface area contributed by atoms with Gasteiger partial charge in [-0.3, -0.25) is 4.79 Å². The Labute approximate surface area is 121 Å². The van der Waals surface area contributed by atoms with Gasteiger partial charge in [-0.25, -0.2) is 0 Å². The highest BCUT2D eigenvalue weighted by Crippen LogP contribution is 2.24. The molecule has 1 amide bonds. The zero-order valence-electron chi connectivity index (χ0n) is 10.6. The Morgan fingerprint density at radius 3 is 3.05 bits per heavy atom. The highest BCUT2D eigenvalue weighted by Gasteiger charge is 2.17. The lowest BCUT2D eigenvalue weighted by Crippen LogP contribution is -2.32. The number of carbonyl (C=O) groups excluding carboxylic acids is 1. The zero-order chi connectivity index (χ0) is 13.7. The number of hydrogen-bond donors (Lipinski definition) is 2. The molecule has 1 unspecified atom stereocenters. The highest BCUT2D eigenvalue weighted by atomic mass is 79.9. The molecule has 1 saturated heterocycles. The van der Waals surface area contributed by atoms with Gasteiger partial charge in [-0.2, -0.15) is 5.26 Å². The minimum atomic E-state index is 0.0270. The van der Waals surface area contributed by atoms with Crippen LogP contribution in [-0.2, 0) is 4.79 Å². The average molecular weight is 322 g/mol. The van der Waals surface area contributed by atoms with E-state index >= 15 is 0 Å². The molecule has 1 aliphatic rings. The molecule has 1 fully saturated rings. The molecule has 1 aromatic rings. The maximum Gasteiger partial charge on any atom is 0.224 e. The van der Waals surface area contributed by atoms with Crippen LogP contribution in [0, 0.1) is 17.2 Å². The van der Waals surface area contributed by atoms with Crippen molar-refractivity contribution in [1.29, 1.82) is 5.26 Å². The van der Waals surface area contributed by atoms with Gasteiger partial charge in [0.2, 0.25) is 5.91 Å². The average Bonchev–Trinajstić information content (AvgIpc) is 2.42. The molecule has 0 aromatic heterocycles. The summed E-state index contributed by atoms with van der Waals surface area (Å²) in [7, 11) is 0. The Morgan fingerprint density at radius 2 is 2.42 bits per heavy atom. The van der Waals surface area contributed by atoms with Crippen molar-refractivity contribution in [2.75, 3.05) is 18.4 Å². The fourth-order valence-electron chi connectivity index (χ4n) is 2.25. The topological polar surface area (TPSA) is 64.9 Å². The van der Waals surface area contributed by atoms with Gasteiger partial charge in [-0.05, 0) is 66.0 Å². The van der Waals surface area contributed by atoms with Crippen LogP contribution in [-0.4, -0.2) is 19.0 Å². The Hall–Kier alpha value is -1.38. The number of hydrogen-bond acceptors (Lipinski definition) is 3. The summed E-state index contributed by atoms with van der Waals surface area (Å²) in [5.41, 5.74) is 1.29. The smallest absolute Gasteiger partial charge is 0.224 e. The fourth-order valence-corrected chi connectivity index (χ4v) is 2.73. The number of nitrogens with zero attached hydrogens (tertiary/aromatic N) is 1. The molecule has 1 heterocycles. The molecule has 2 rings (SSSR count). The van der Waals surface area contributed by atoms with Crippen molar-refractivity contribution in [3.63, 3.8) is 0 Å². The fraction of sp³-hybridized carbons (Fsp3) is 0.429. The van der Waals surface area contributed by atoms with Crippen LogP contribution in [0.2, 0.25) is 0 Å². The monoisotopic (exact) mass is 321 g/mol. The van der Waals surface area contributed by atoms with Crippen molar-refractivity contribution in [2.24, 2.45) is 5.92 Å². The Bertz CT molecular complexity index is 504. The van der Waals surface area contributed by atoms with E-state index < -0.39 is 0 Å². The summed E-state index contributed by atoms with van der Waals surface area (Å²) in [6.45, 7) is 1.97. The summed E-state index contributed by atoms with van der Waals surface area (Å²) in [6, 6.07) is 7.22. The van der Waals surface area contributed by atoms with Gasteiger partial charge < -0.3 is 10.6 Å². The molecular formula is C14H16BrN3O. The van der Waals surface area contributed by atoms with Crippen LogP contribution in [0.4, 0.5) is 5.69 Å². The van der Waals surface area contributed by atoms with Gasteiger partial charge in [0.05, 0.1) is 17.3 Å². The molecule has 0 aliphatic carbocycles. The van der Waals surface area contributed by atoms with E-state index in [1.54, 1.807) is 18.2 Å². The molecule has 100 valence electrons.